The highest BCUT2D eigenvalue weighted by molar-refractivity contribution is 5.59. The van der Waals surface area contributed by atoms with Crippen LogP contribution in [0.4, 0.5) is 13.2 Å². The molecule has 1 heterocycles. The van der Waals surface area contributed by atoms with E-state index in [4.69, 9.17) is 4.42 Å². The fraction of sp³-hybridized carbons (Fsp3) is 0.250. The number of hydrogen-bond donors (Lipinski definition) is 0. The van der Waals surface area contributed by atoms with E-state index < -0.39 is 17.2 Å². The Morgan fingerprint density at radius 3 is 2.37 bits per heavy atom. The normalized spacial score (nSPS) is 15.3. The minimum atomic E-state index is -4.35. The zero-order valence-corrected chi connectivity index (χ0v) is 14.1. The number of rotatable bonds is 4. The molecule has 27 heavy (non-hydrogen) atoms. The van der Waals surface area contributed by atoms with Gasteiger partial charge in [0.2, 0.25) is 11.8 Å². The van der Waals surface area contributed by atoms with Crippen molar-refractivity contribution in [3.05, 3.63) is 71.1 Å². The van der Waals surface area contributed by atoms with Gasteiger partial charge in [0.15, 0.2) is 0 Å². The van der Waals surface area contributed by atoms with E-state index in [-0.39, 0.29) is 0 Å². The Balaban J connectivity index is 1.62. The summed E-state index contributed by atoms with van der Waals surface area (Å²) < 4.78 is 43.9. The first-order valence-electron chi connectivity index (χ1n) is 8.41. The molecule has 1 aliphatic rings. The van der Waals surface area contributed by atoms with Gasteiger partial charge in [0.1, 0.15) is 5.41 Å². The fourth-order valence-electron chi connectivity index (χ4n) is 2.94. The average molecular weight is 369 g/mol. The maximum atomic E-state index is 12.7. The zero-order chi connectivity index (χ0) is 19.1. The Hall–Kier alpha value is -3.14. The van der Waals surface area contributed by atoms with Crippen LogP contribution in [0.1, 0.15) is 35.4 Å². The maximum Gasteiger partial charge on any atom is 0.416 e. The molecule has 4 rings (SSSR count). The topological polar surface area (TPSA) is 62.7 Å². The molecule has 1 fully saturated rings. The van der Waals surface area contributed by atoms with Gasteiger partial charge in [-0.2, -0.15) is 18.4 Å². The molecule has 7 heteroatoms. The van der Waals surface area contributed by atoms with E-state index in [0.717, 1.165) is 23.3 Å². The van der Waals surface area contributed by atoms with Crippen molar-refractivity contribution in [2.45, 2.75) is 30.9 Å². The Kier molecular flexibility index (Phi) is 3.99. The standard InChI is InChI=1S/C20H14F3N3O/c21-20(22,23)15-7-5-13(6-8-15)11-14-3-1-2-4-16(14)17-25-26-18(27-17)19(12-24)9-10-19/h1-8H,9-11H2. The molecule has 0 unspecified atom stereocenters. The van der Waals surface area contributed by atoms with Gasteiger partial charge in [-0.3, -0.25) is 0 Å². The Labute approximate surface area is 153 Å². The predicted molar refractivity (Wildman–Crippen MR) is 90.5 cm³/mol. The van der Waals surface area contributed by atoms with Gasteiger partial charge in [0, 0.05) is 5.56 Å². The molecule has 0 aliphatic heterocycles. The van der Waals surface area contributed by atoms with Crippen LogP contribution in [0.2, 0.25) is 0 Å². The number of alkyl halides is 3. The Morgan fingerprint density at radius 1 is 1.04 bits per heavy atom. The molecule has 0 spiro atoms. The number of nitrogens with zero attached hydrogens (tertiary/aromatic N) is 3. The van der Waals surface area contributed by atoms with Crippen LogP contribution in [0.5, 0.6) is 0 Å². The van der Waals surface area contributed by atoms with Gasteiger partial charge >= 0.3 is 6.18 Å². The number of hydrogen-bond acceptors (Lipinski definition) is 4. The lowest BCUT2D eigenvalue weighted by Crippen LogP contribution is -2.04. The Bertz CT molecular complexity index is 1010. The number of halogens is 3. The third-order valence-electron chi connectivity index (χ3n) is 4.72. The van der Waals surface area contributed by atoms with E-state index in [1.54, 1.807) is 0 Å². The molecule has 0 radical (unpaired) electrons. The molecule has 4 nitrogen and oxygen atoms in total. The van der Waals surface area contributed by atoms with Crippen molar-refractivity contribution in [1.29, 1.82) is 5.26 Å². The molecule has 0 N–H and O–H groups in total. The molecule has 1 aromatic heterocycles. The third-order valence-corrected chi connectivity index (χ3v) is 4.72. The summed E-state index contributed by atoms with van der Waals surface area (Å²) in [6.07, 6.45) is -2.51. The van der Waals surface area contributed by atoms with Crippen molar-refractivity contribution < 1.29 is 17.6 Å². The predicted octanol–water partition coefficient (Wildman–Crippen LogP) is 4.90. The van der Waals surface area contributed by atoms with Crippen LogP contribution in [0.3, 0.4) is 0 Å². The van der Waals surface area contributed by atoms with Crippen molar-refractivity contribution in [2.24, 2.45) is 0 Å². The minimum Gasteiger partial charge on any atom is -0.419 e. The van der Waals surface area contributed by atoms with Gasteiger partial charge in [-0.1, -0.05) is 30.3 Å². The third kappa shape index (κ3) is 3.31. The molecule has 1 saturated carbocycles. The molecule has 0 amide bonds. The van der Waals surface area contributed by atoms with Crippen LogP contribution in [0, 0.1) is 11.3 Å². The summed E-state index contributed by atoms with van der Waals surface area (Å²) in [4.78, 5) is 0. The molecule has 0 atom stereocenters. The van der Waals surface area contributed by atoms with Gasteiger partial charge in [-0.25, -0.2) is 0 Å². The van der Waals surface area contributed by atoms with Crippen LogP contribution < -0.4 is 0 Å². The first-order chi connectivity index (χ1) is 12.9. The van der Waals surface area contributed by atoms with Crippen LogP contribution >= 0.6 is 0 Å². The second-order valence-electron chi connectivity index (χ2n) is 6.63. The number of aromatic nitrogens is 2. The second kappa shape index (κ2) is 6.23. The highest BCUT2D eigenvalue weighted by atomic mass is 19.4. The largest absolute Gasteiger partial charge is 0.419 e. The van der Waals surface area contributed by atoms with Gasteiger partial charge in [0.05, 0.1) is 11.6 Å². The number of benzene rings is 2. The van der Waals surface area contributed by atoms with Crippen LogP contribution in [0.15, 0.2) is 52.9 Å². The van der Waals surface area contributed by atoms with Crippen LogP contribution in [-0.2, 0) is 18.0 Å². The summed E-state index contributed by atoms with van der Waals surface area (Å²) in [6.45, 7) is 0. The van der Waals surface area contributed by atoms with E-state index in [9.17, 15) is 18.4 Å². The van der Waals surface area contributed by atoms with E-state index in [0.29, 0.717) is 36.6 Å². The van der Waals surface area contributed by atoms with Crippen LogP contribution in [-0.4, -0.2) is 10.2 Å². The van der Waals surface area contributed by atoms with Crippen molar-refractivity contribution in [2.75, 3.05) is 0 Å². The summed E-state index contributed by atoms with van der Waals surface area (Å²) in [6, 6.07) is 14.7. The lowest BCUT2D eigenvalue weighted by molar-refractivity contribution is -0.137. The molecular formula is C20H14F3N3O. The van der Waals surface area contributed by atoms with Crippen molar-refractivity contribution >= 4 is 0 Å². The Morgan fingerprint density at radius 2 is 1.74 bits per heavy atom. The van der Waals surface area contributed by atoms with E-state index >= 15 is 0 Å². The summed E-state index contributed by atoms with van der Waals surface area (Å²) in [7, 11) is 0. The molecule has 136 valence electrons. The zero-order valence-electron chi connectivity index (χ0n) is 14.1. The summed E-state index contributed by atoms with van der Waals surface area (Å²) in [5, 5.41) is 17.4. The van der Waals surface area contributed by atoms with Crippen molar-refractivity contribution in [1.82, 2.24) is 10.2 Å². The SMILES string of the molecule is N#CC1(c2nnc(-c3ccccc3Cc3ccc(C(F)(F)F)cc3)o2)CC1. The number of nitriles is 1. The average Bonchev–Trinajstić information content (AvgIpc) is 3.30. The highest BCUT2D eigenvalue weighted by Gasteiger charge is 2.50. The van der Waals surface area contributed by atoms with E-state index in [2.05, 4.69) is 16.3 Å². The molecule has 0 bridgehead atoms. The van der Waals surface area contributed by atoms with Gasteiger partial charge in [-0.15, -0.1) is 10.2 Å². The molecular weight excluding hydrogens is 355 g/mol. The second-order valence-corrected chi connectivity index (χ2v) is 6.63. The smallest absolute Gasteiger partial charge is 0.416 e. The summed E-state index contributed by atoms with van der Waals surface area (Å²) in [5.41, 5.74) is 0.977. The van der Waals surface area contributed by atoms with Crippen molar-refractivity contribution in [3.63, 3.8) is 0 Å². The first-order valence-corrected chi connectivity index (χ1v) is 8.41. The first kappa shape index (κ1) is 17.3. The van der Waals surface area contributed by atoms with Gasteiger partial charge in [-0.05, 0) is 48.6 Å². The maximum absolute atomic E-state index is 12.7. The quantitative estimate of drug-likeness (QED) is 0.656. The van der Waals surface area contributed by atoms with E-state index in [1.807, 2.05) is 24.3 Å². The minimum absolute atomic E-state index is 0.314. The monoisotopic (exact) mass is 369 g/mol. The van der Waals surface area contributed by atoms with Gasteiger partial charge in [0.25, 0.3) is 0 Å². The van der Waals surface area contributed by atoms with E-state index in [1.165, 1.54) is 12.1 Å². The van der Waals surface area contributed by atoms with Crippen molar-refractivity contribution in [3.8, 4) is 17.5 Å². The van der Waals surface area contributed by atoms with Gasteiger partial charge < -0.3 is 4.42 Å². The molecule has 3 aromatic rings. The molecule has 0 saturated heterocycles. The summed E-state index contributed by atoms with van der Waals surface area (Å²) >= 11 is 0. The lowest BCUT2D eigenvalue weighted by atomic mass is 9.99. The molecule has 2 aromatic carbocycles. The fourth-order valence-corrected chi connectivity index (χ4v) is 2.94. The highest BCUT2D eigenvalue weighted by Crippen LogP contribution is 2.47. The van der Waals surface area contributed by atoms with Crippen LogP contribution in [0.25, 0.3) is 11.5 Å². The summed E-state index contributed by atoms with van der Waals surface area (Å²) in [5.74, 6) is 0.637. The molecule has 1 aliphatic carbocycles. The lowest BCUT2D eigenvalue weighted by Gasteiger charge is -2.09.